The fourth-order valence-electron chi connectivity index (χ4n) is 2.08. The van der Waals surface area contributed by atoms with Crippen LogP contribution < -0.4 is 0 Å². The van der Waals surface area contributed by atoms with E-state index in [4.69, 9.17) is 0 Å². The van der Waals surface area contributed by atoms with Crippen molar-refractivity contribution in [1.82, 2.24) is 0 Å². The highest BCUT2D eigenvalue weighted by Gasteiger charge is 2.23. The number of benzene rings is 1. The molecule has 0 atom stereocenters. The summed E-state index contributed by atoms with van der Waals surface area (Å²) in [5.41, 5.74) is 3.35. The first kappa shape index (κ1) is 12.6. The van der Waals surface area contributed by atoms with Gasteiger partial charge in [-0.3, -0.25) is 4.79 Å². The second kappa shape index (κ2) is 4.41. The van der Waals surface area contributed by atoms with E-state index in [1.807, 2.05) is 0 Å². The zero-order chi connectivity index (χ0) is 12.6. The van der Waals surface area contributed by atoms with Crippen LogP contribution in [0.4, 0.5) is 0 Å². The van der Waals surface area contributed by atoms with Crippen LogP contribution in [0.3, 0.4) is 0 Å². The highest BCUT2D eigenvalue weighted by Crippen LogP contribution is 2.35. The van der Waals surface area contributed by atoms with Gasteiger partial charge < -0.3 is 0 Å². The molecule has 1 aliphatic carbocycles. The number of carbonyl (C=O) groups excluding carboxylic acids is 1. The van der Waals surface area contributed by atoms with E-state index in [9.17, 15) is 4.79 Å². The molecule has 0 spiro atoms. The maximum atomic E-state index is 11.8. The molecule has 0 heterocycles. The van der Waals surface area contributed by atoms with Gasteiger partial charge in [0, 0.05) is 16.5 Å². The number of hydrogen-bond donors (Lipinski definition) is 0. The molecular formula is C15H17BrO. The SMILES string of the molecule is CC(C)(C)c1ccc(C2=C(Br)CCC2=O)cc1. The summed E-state index contributed by atoms with van der Waals surface area (Å²) >= 11 is 3.50. The van der Waals surface area contributed by atoms with Crippen molar-refractivity contribution in [2.45, 2.75) is 39.0 Å². The fourth-order valence-corrected chi connectivity index (χ4v) is 2.73. The molecule has 0 unspecified atom stereocenters. The highest BCUT2D eigenvalue weighted by molar-refractivity contribution is 9.11. The van der Waals surface area contributed by atoms with Crippen LogP contribution in [0.25, 0.3) is 5.57 Å². The minimum atomic E-state index is 0.157. The van der Waals surface area contributed by atoms with Crippen LogP contribution in [-0.4, -0.2) is 5.78 Å². The first-order chi connectivity index (χ1) is 7.89. The number of halogens is 1. The number of Topliss-reactive ketones (excluding diaryl/α,β-unsaturated/α-hetero) is 1. The Morgan fingerprint density at radius 3 is 2.06 bits per heavy atom. The van der Waals surface area contributed by atoms with E-state index >= 15 is 0 Å². The Bertz CT molecular complexity index is 475. The first-order valence-electron chi connectivity index (χ1n) is 5.92. The van der Waals surface area contributed by atoms with Gasteiger partial charge in [-0.15, -0.1) is 0 Å². The van der Waals surface area contributed by atoms with Gasteiger partial charge in [0.1, 0.15) is 0 Å². The molecule has 2 rings (SSSR count). The van der Waals surface area contributed by atoms with Gasteiger partial charge in [0.15, 0.2) is 5.78 Å². The zero-order valence-corrected chi connectivity index (χ0v) is 12.1. The molecule has 0 aromatic heterocycles. The molecule has 2 heteroatoms. The lowest BCUT2D eigenvalue weighted by Crippen LogP contribution is -2.10. The van der Waals surface area contributed by atoms with E-state index < -0.39 is 0 Å². The molecule has 0 N–H and O–H groups in total. The normalized spacial score (nSPS) is 16.8. The number of allylic oxidation sites excluding steroid dienone is 2. The summed E-state index contributed by atoms with van der Waals surface area (Å²) in [5, 5.41) is 0. The van der Waals surface area contributed by atoms with Gasteiger partial charge in [-0.2, -0.15) is 0 Å². The molecule has 0 bridgehead atoms. The van der Waals surface area contributed by atoms with Crippen LogP contribution >= 0.6 is 15.9 Å². The van der Waals surface area contributed by atoms with Crippen molar-refractivity contribution < 1.29 is 4.79 Å². The number of hydrogen-bond acceptors (Lipinski definition) is 1. The lowest BCUT2D eigenvalue weighted by Gasteiger charge is -2.19. The minimum Gasteiger partial charge on any atom is -0.294 e. The molecule has 1 aromatic rings. The maximum absolute atomic E-state index is 11.8. The van der Waals surface area contributed by atoms with Crippen molar-refractivity contribution in [3.63, 3.8) is 0 Å². The van der Waals surface area contributed by atoms with E-state index in [1.165, 1.54) is 5.56 Å². The molecule has 0 amide bonds. The summed E-state index contributed by atoms with van der Waals surface area (Å²) < 4.78 is 1.05. The summed E-state index contributed by atoms with van der Waals surface area (Å²) in [6.07, 6.45) is 1.48. The number of ketones is 1. The fraction of sp³-hybridized carbons (Fsp3) is 0.400. The standard InChI is InChI=1S/C15H17BrO/c1-15(2,3)11-6-4-10(5-7-11)14-12(16)8-9-13(14)17/h4-7H,8-9H2,1-3H3. The van der Waals surface area contributed by atoms with E-state index in [2.05, 4.69) is 61.0 Å². The molecular weight excluding hydrogens is 276 g/mol. The van der Waals surface area contributed by atoms with Crippen LogP contribution in [0, 0.1) is 0 Å². The van der Waals surface area contributed by atoms with Crippen LogP contribution in [0.15, 0.2) is 28.7 Å². The van der Waals surface area contributed by atoms with Crippen molar-refractivity contribution >= 4 is 27.3 Å². The smallest absolute Gasteiger partial charge is 0.164 e. The van der Waals surface area contributed by atoms with Crippen LogP contribution in [0.5, 0.6) is 0 Å². The molecule has 0 saturated carbocycles. The second-order valence-corrected chi connectivity index (χ2v) is 6.49. The Morgan fingerprint density at radius 1 is 1.06 bits per heavy atom. The quantitative estimate of drug-likeness (QED) is 0.747. The van der Waals surface area contributed by atoms with E-state index in [0.29, 0.717) is 6.42 Å². The molecule has 0 fully saturated rings. The second-order valence-electron chi connectivity index (χ2n) is 5.53. The molecule has 1 aromatic carbocycles. The molecule has 0 aliphatic heterocycles. The Hall–Kier alpha value is -0.890. The minimum absolute atomic E-state index is 0.157. The number of rotatable bonds is 1. The average molecular weight is 293 g/mol. The van der Waals surface area contributed by atoms with Gasteiger partial charge in [-0.1, -0.05) is 61.0 Å². The van der Waals surface area contributed by atoms with Gasteiger partial charge in [-0.25, -0.2) is 0 Å². The molecule has 90 valence electrons. The lowest BCUT2D eigenvalue weighted by atomic mass is 9.86. The van der Waals surface area contributed by atoms with Gasteiger partial charge >= 0.3 is 0 Å². The summed E-state index contributed by atoms with van der Waals surface area (Å²) in [7, 11) is 0. The predicted octanol–water partition coefficient (Wildman–Crippen LogP) is 4.45. The Kier molecular flexibility index (Phi) is 3.26. The summed E-state index contributed by atoms with van der Waals surface area (Å²) in [4.78, 5) is 11.8. The first-order valence-corrected chi connectivity index (χ1v) is 6.71. The third-order valence-corrected chi connectivity index (χ3v) is 3.95. The summed E-state index contributed by atoms with van der Waals surface area (Å²) in [6, 6.07) is 8.35. The van der Waals surface area contributed by atoms with Gasteiger partial charge in [-0.05, 0) is 23.0 Å². The van der Waals surface area contributed by atoms with Gasteiger partial charge in [0.05, 0.1) is 0 Å². The lowest BCUT2D eigenvalue weighted by molar-refractivity contribution is -0.113. The van der Waals surface area contributed by atoms with Crippen molar-refractivity contribution in [3.8, 4) is 0 Å². The van der Waals surface area contributed by atoms with Crippen molar-refractivity contribution in [3.05, 3.63) is 39.9 Å². The van der Waals surface area contributed by atoms with Crippen LogP contribution in [-0.2, 0) is 10.2 Å². The van der Waals surface area contributed by atoms with Crippen molar-refractivity contribution in [2.75, 3.05) is 0 Å². The van der Waals surface area contributed by atoms with E-state index in [1.54, 1.807) is 0 Å². The molecule has 1 aliphatic rings. The highest BCUT2D eigenvalue weighted by atomic mass is 79.9. The van der Waals surface area contributed by atoms with Crippen LogP contribution in [0.2, 0.25) is 0 Å². The summed E-state index contributed by atoms with van der Waals surface area (Å²) in [5.74, 6) is 0.250. The van der Waals surface area contributed by atoms with Gasteiger partial charge in [0.2, 0.25) is 0 Å². The average Bonchev–Trinajstić information content (AvgIpc) is 2.58. The van der Waals surface area contributed by atoms with Crippen molar-refractivity contribution in [2.24, 2.45) is 0 Å². The zero-order valence-electron chi connectivity index (χ0n) is 10.5. The Labute approximate surface area is 111 Å². The van der Waals surface area contributed by atoms with E-state index in [-0.39, 0.29) is 11.2 Å². The Balaban J connectivity index is 2.37. The molecule has 0 saturated heterocycles. The van der Waals surface area contributed by atoms with Gasteiger partial charge in [0.25, 0.3) is 0 Å². The predicted molar refractivity (Wildman–Crippen MR) is 75.2 cm³/mol. The number of carbonyl (C=O) groups is 1. The third-order valence-electron chi connectivity index (χ3n) is 3.16. The topological polar surface area (TPSA) is 17.1 Å². The summed E-state index contributed by atoms with van der Waals surface area (Å²) in [6.45, 7) is 6.58. The monoisotopic (exact) mass is 292 g/mol. The van der Waals surface area contributed by atoms with E-state index in [0.717, 1.165) is 22.0 Å². The Morgan fingerprint density at radius 2 is 1.65 bits per heavy atom. The third kappa shape index (κ3) is 2.52. The largest absolute Gasteiger partial charge is 0.294 e. The van der Waals surface area contributed by atoms with Crippen LogP contribution in [0.1, 0.15) is 44.7 Å². The molecule has 0 radical (unpaired) electrons. The molecule has 17 heavy (non-hydrogen) atoms. The van der Waals surface area contributed by atoms with Crippen molar-refractivity contribution in [1.29, 1.82) is 0 Å². The maximum Gasteiger partial charge on any atom is 0.164 e. The molecule has 1 nitrogen and oxygen atoms in total.